The summed E-state index contributed by atoms with van der Waals surface area (Å²) in [6, 6.07) is 4.77. The molecule has 12 heteroatoms. The first-order valence-electron chi connectivity index (χ1n) is 10.6. The van der Waals surface area contributed by atoms with Crippen molar-refractivity contribution in [3.05, 3.63) is 58.7 Å². The molecular weight excluding hydrogens is 480 g/mol. The first kappa shape index (κ1) is 28.0. The van der Waals surface area contributed by atoms with Gasteiger partial charge in [-0.3, -0.25) is 4.79 Å². The van der Waals surface area contributed by atoms with Crippen molar-refractivity contribution in [1.29, 1.82) is 0 Å². The molecule has 0 aromatic heterocycles. The predicted molar refractivity (Wildman–Crippen MR) is 117 cm³/mol. The summed E-state index contributed by atoms with van der Waals surface area (Å²) in [6.45, 7) is 7.33. The molecule has 0 spiro atoms. The molecule has 0 aliphatic carbocycles. The van der Waals surface area contributed by atoms with Crippen molar-refractivity contribution in [2.24, 2.45) is 0 Å². The first-order chi connectivity index (χ1) is 16.3. The molecule has 35 heavy (non-hydrogen) atoms. The van der Waals surface area contributed by atoms with Crippen molar-refractivity contribution in [2.45, 2.75) is 33.1 Å². The Bertz CT molecular complexity index is 1020. The standard InChI is InChI=1S/C23H25F6N3O3/c1-4-30-8-9-32(5-2)21(34)35-18-6-7-19(14(3)10-18)20(33)31-17-12-15(22(24,25)26)11-16(13-17)23(27,28)29/h6-7,10-13,30H,4-5,8-9H2,1-3H3,(H,31,33). The third-order valence-electron chi connectivity index (χ3n) is 4.94. The molecule has 2 rings (SSSR count). The number of hydrogen-bond donors (Lipinski definition) is 2. The average molecular weight is 505 g/mol. The lowest BCUT2D eigenvalue weighted by Gasteiger charge is -2.20. The van der Waals surface area contributed by atoms with Crippen LogP contribution in [0.3, 0.4) is 0 Å². The summed E-state index contributed by atoms with van der Waals surface area (Å²) in [5.41, 5.74) is -3.47. The van der Waals surface area contributed by atoms with Crippen LogP contribution in [0.1, 0.15) is 40.9 Å². The molecule has 2 aromatic rings. The Labute approximate surface area is 198 Å². The fourth-order valence-corrected chi connectivity index (χ4v) is 3.11. The van der Waals surface area contributed by atoms with Crippen LogP contribution >= 0.6 is 0 Å². The van der Waals surface area contributed by atoms with Gasteiger partial charge in [-0.2, -0.15) is 26.3 Å². The number of ether oxygens (including phenoxy) is 1. The number of nitrogens with one attached hydrogen (secondary N) is 2. The van der Waals surface area contributed by atoms with Gasteiger partial charge >= 0.3 is 18.4 Å². The molecule has 2 N–H and O–H groups in total. The van der Waals surface area contributed by atoms with Crippen molar-refractivity contribution in [2.75, 3.05) is 31.5 Å². The monoisotopic (exact) mass is 505 g/mol. The Morgan fingerprint density at radius 2 is 1.54 bits per heavy atom. The number of anilines is 1. The Morgan fingerprint density at radius 3 is 2.03 bits per heavy atom. The highest BCUT2D eigenvalue weighted by atomic mass is 19.4. The SMILES string of the molecule is CCNCCN(CC)C(=O)Oc1ccc(C(=O)Nc2cc(C(F)(F)F)cc(C(F)(F)F)c2)c(C)c1. The molecule has 192 valence electrons. The molecule has 0 bridgehead atoms. The molecule has 0 atom stereocenters. The number of carbonyl (C=O) groups is 2. The molecule has 0 fully saturated rings. The molecule has 6 nitrogen and oxygen atoms in total. The van der Waals surface area contributed by atoms with Gasteiger partial charge in [-0.25, -0.2) is 4.79 Å². The third kappa shape index (κ3) is 7.88. The summed E-state index contributed by atoms with van der Waals surface area (Å²) in [5.74, 6) is -0.793. The predicted octanol–water partition coefficient (Wildman–Crippen LogP) is 5.72. The van der Waals surface area contributed by atoms with E-state index < -0.39 is 41.2 Å². The van der Waals surface area contributed by atoms with Crippen molar-refractivity contribution in [1.82, 2.24) is 10.2 Å². The Morgan fingerprint density at radius 1 is 0.943 bits per heavy atom. The Kier molecular flexibility index (Phi) is 9.13. The van der Waals surface area contributed by atoms with E-state index in [1.54, 1.807) is 6.92 Å². The second kappa shape index (κ2) is 11.4. The van der Waals surface area contributed by atoms with Gasteiger partial charge in [0.1, 0.15) is 5.75 Å². The topological polar surface area (TPSA) is 70.7 Å². The van der Waals surface area contributed by atoms with E-state index in [2.05, 4.69) is 10.6 Å². The number of rotatable bonds is 8. The van der Waals surface area contributed by atoms with Crippen molar-refractivity contribution in [3.8, 4) is 5.75 Å². The van der Waals surface area contributed by atoms with Crippen LogP contribution in [0.4, 0.5) is 36.8 Å². The summed E-state index contributed by atoms with van der Waals surface area (Å²) in [6.07, 6.45) is -10.7. The van der Waals surface area contributed by atoms with Crippen LogP contribution in [-0.2, 0) is 12.4 Å². The zero-order valence-corrected chi connectivity index (χ0v) is 19.2. The lowest BCUT2D eigenvalue weighted by Crippen LogP contribution is -2.38. The van der Waals surface area contributed by atoms with Gasteiger partial charge in [0.2, 0.25) is 0 Å². The summed E-state index contributed by atoms with van der Waals surface area (Å²) < 4.78 is 83.6. The summed E-state index contributed by atoms with van der Waals surface area (Å²) in [7, 11) is 0. The highest BCUT2D eigenvalue weighted by Crippen LogP contribution is 2.37. The van der Waals surface area contributed by atoms with Crippen LogP contribution < -0.4 is 15.4 Å². The van der Waals surface area contributed by atoms with Crippen LogP contribution in [0.25, 0.3) is 0 Å². The van der Waals surface area contributed by atoms with Crippen molar-refractivity contribution >= 4 is 17.7 Å². The number of hydrogen-bond acceptors (Lipinski definition) is 4. The van der Waals surface area contributed by atoms with Crippen LogP contribution in [0.5, 0.6) is 5.75 Å². The van der Waals surface area contributed by atoms with E-state index in [0.717, 1.165) is 6.54 Å². The molecule has 0 radical (unpaired) electrons. The van der Waals surface area contributed by atoms with Crippen molar-refractivity contribution < 1.29 is 40.7 Å². The summed E-state index contributed by atoms with van der Waals surface area (Å²) in [5, 5.41) is 5.16. The lowest BCUT2D eigenvalue weighted by atomic mass is 10.1. The van der Waals surface area contributed by atoms with Gasteiger partial charge in [-0.05, 0) is 62.4 Å². The number of benzene rings is 2. The first-order valence-corrected chi connectivity index (χ1v) is 10.6. The molecule has 0 saturated heterocycles. The smallest absolute Gasteiger partial charge is 0.410 e. The van der Waals surface area contributed by atoms with Crippen LogP contribution in [0.15, 0.2) is 36.4 Å². The molecule has 0 aliphatic heterocycles. The maximum Gasteiger partial charge on any atom is 0.416 e. The second-order valence-corrected chi connectivity index (χ2v) is 7.53. The van der Waals surface area contributed by atoms with E-state index in [-0.39, 0.29) is 17.4 Å². The van der Waals surface area contributed by atoms with Gasteiger partial charge < -0.3 is 20.3 Å². The van der Waals surface area contributed by atoms with Crippen LogP contribution in [0, 0.1) is 6.92 Å². The summed E-state index contributed by atoms with van der Waals surface area (Å²) >= 11 is 0. The number of alkyl halides is 6. The van der Waals surface area contributed by atoms with Gasteiger partial charge in [0.25, 0.3) is 5.91 Å². The van der Waals surface area contributed by atoms with E-state index in [1.165, 1.54) is 30.0 Å². The van der Waals surface area contributed by atoms with Gasteiger partial charge in [0.15, 0.2) is 0 Å². The lowest BCUT2D eigenvalue weighted by molar-refractivity contribution is -0.143. The van der Waals surface area contributed by atoms with E-state index in [0.29, 0.717) is 37.3 Å². The average Bonchev–Trinajstić information content (AvgIpc) is 2.75. The Hall–Kier alpha value is -3.28. The Balaban J connectivity index is 2.20. The van der Waals surface area contributed by atoms with Crippen LogP contribution in [0.2, 0.25) is 0 Å². The molecule has 0 unspecified atom stereocenters. The van der Waals surface area contributed by atoms with E-state index in [1.807, 2.05) is 6.92 Å². The van der Waals surface area contributed by atoms with Gasteiger partial charge in [0.05, 0.1) is 11.1 Å². The van der Waals surface area contributed by atoms with Gasteiger partial charge in [-0.15, -0.1) is 0 Å². The van der Waals surface area contributed by atoms with E-state index >= 15 is 0 Å². The highest BCUT2D eigenvalue weighted by molar-refractivity contribution is 6.05. The fraction of sp³-hybridized carbons (Fsp3) is 0.391. The normalized spacial score (nSPS) is 11.8. The largest absolute Gasteiger partial charge is 0.416 e. The minimum atomic E-state index is -5.04. The molecule has 2 aromatic carbocycles. The van der Waals surface area contributed by atoms with Crippen molar-refractivity contribution in [3.63, 3.8) is 0 Å². The minimum absolute atomic E-state index is 0.0183. The number of nitrogens with zero attached hydrogens (tertiary/aromatic N) is 1. The molecule has 0 saturated carbocycles. The molecular formula is C23H25F6N3O3. The quantitative estimate of drug-likeness (QED) is 0.356. The minimum Gasteiger partial charge on any atom is -0.410 e. The number of amides is 2. The van der Waals surface area contributed by atoms with E-state index in [4.69, 9.17) is 4.74 Å². The maximum absolute atomic E-state index is 13.1. The fourth-order valence-electron chi connectivity index (χ4n) is 3.11. The number of aryl methyl sites for hydroxylation is 1. The molecule has 0 aliphatic rings. The number of halogens is 6. The van der Waals surface area contributed by atoms with E-state index in [9.17, 15) is 35.9 Å². The molecule has 0 heterocycles. The zero-order chi connectivity index (χ0) is 26.4. The third-order valence-corrected chi connectivity index (χ3v) is 4.94. The number of likely N-dealkylation sites (N-methyl/N-ethyl adjacent to an activating group) is 2. The summed E-state index contributed by atoms with van der Waals surface area (Å²) in [4.78, 5) is 26.4. The van der Waals surface area contributed by atoms with Gasteiger partial charge in [0, 0.05) is 30.9 Å². The second-order valence-electron chi connectivity index (χ2n) is 7.53. The highest BCUT2D eigenvalue weighted by Gasteiger charge is 2.37. The van der Waals surface area contributed by atoms with Crippen LogP contribution in [-0.4, -0.2) is 43.1 Å². The number of carbonyl (C=O) groups excluding carboxylic acids is 2. The van der Waals surface area contributed by atoms with Gasteiger partial charge in [-0.1, -0.05) is 6.92 Å². The maximum atomic E-state index is 13.1. The molecule has 2 amide bonds. The zero-order valence-electron chi connectivity index (χ0n) is 19.2.